The van der Waals surface area contributed by atoms with Gasteiger partial charge in [0.05, 0.1) is 23.2 Å². The number of piperazine rings is 1. The molecule has 1 saturated heterocycles. The Morgan fingerprint density at radius 3 is 2.53 bits per heavy atom. The van der Waals surface area contributed by atoms with E-state index in [1.165, 1.54) is 22.7 Å². The minimum atomic E-state index is -0.371. The molecule has 0 saturated carbocycles. The highest BCUT2D eigenvalue weighted by atomic mass is 35.5. The van der Waals surface area contributed by atoms with E-state index in [1.54, 1.807) is 11.0 Å². The third-order valence-electron chi connectivity index (χ3n) is 6.78. The molecule has 1 aliphatic carbocycles. The molecule has 0 bridgehead atoms. The average molecular weight is 595 g/mol. The van der Waals surface area contributed by atoms with Gasteiger partial charge in [0.15, 0.2) is 0 Å². The number of benzene rings is 1. The molecule has 1 aliphatic heterocycles. The van der Waals surface area contributed by atoms with Crippen molar-refractivity contribution in [1.29, 1.82) is 0 Å². The number of carbonyl (C=O) groups excluding carboxylic acids is 3. The minimum absolute atomic E-state index is 0.103. The first-order valence-electron chi connectivity index (χ1n) is 12.8. The highest BCUT2D eigenvalue weighted by molar-refractivity contribution is 7.21. The summed E-state index contributed by atoms with van der Waals surface area (Å²) < 4.78 is 6.37. The van der Waals surface area contributed by atoms with Crippen LogP contribution in [0.4, 0.5) is 5.00 Å². The Bertz CT molecular complexity index is 1390. The Balaban J connectivity index is 1.21. The lowest BCUT2D eigenvalue weighted by molar-refractivity contribution is -0.117. The number of fused-ring (bicyclic) bond motifs is 2. The summed E-state index contributed by atoms with van der Waals surface area (Å²) in [6.07, 6.45) is 3.64. The van der Waals surface area contributed by atoms with Gasteiger partial charge in [-0.05, 0) is 57.2 Å². The predicted octanol–water partition coefficient (Wildman–Crippen LogP) is 6.11. The number of anilines is 1. The van der Waals surface area contributed by atoms with Crippen LogP contribution in [0.25, 0.3) is 10.1 Å². The lowest BCUT2D eigenvalue weighted by Gasteiger charge is -2.34. The van der Waals surface area contributed by atoms with Crippen molar-refractivity contribution in [2.45, 2.75) is 45.6 Å². The zero-order valence-electron chi connectivity index (χ0n) is 21.3. The molecule has 3 heterocycles. The zero-order chi connectivity index (χ0) is 27.0. The van der Waals surface area contributed by atoms with Crippen LogP contribution in [0.3, 0.4) is 0 Å². The summed E-state index contributed by atoms with van der Waals surface area (Å²) in [5.41, 5.74) is 1.54. The van der Waals surface area contributed by atoms with Gasteiger partial charge in [-0.1, -0.05) is 29.3 Å². The van der Waals surface area contributed by atoms with Gasteiger partial charge in [0, 0.05) is 46.2 Å². The summed E-state index contributed by atoms with van der Waals surface area (Å²) in [5, 5.41) is 5.46. The molecule has 0 radical (unpaired) electrons. The van der Waals surface area contributed by atoms with Crippen molar-refractivity contribution in [3.63, 3.8) is 0 Å². The molecular weight excluding hydrogens is 565 g/mol. The highest BCUT2D eigenvalue weighted by Crippen LogP contribution is 2.39. The van der Waals surface area contributed by atoms with Gasteiger partial charge in [0.1, 0.15) is 9.88 Å². The smallest absolute Gasteiger partial charge is 0.341 e. The first kappa shape index (κ1) is 27.4. The number of thiophene rings is 2. The van der Waals surface area contributed by atoms with E-state index in [9.17, 15) is 14.4 Å². The van der Waals surface area contributed by atoms with Crippen molar-refractivity contribution in [3.8, 4) is 0 Å². The fraction of sp³-hybridized carbons (Fsp3) is 0.444. The summed E-state index contributed by atoms with van der Waals surface area (Å²) in [6, 6.07) is 5.42. The quantitative estimate of drug-likeness (QED) is 0.349. The summed E-state index contributed by atoms with van der Waals surface area (Å²) in [4.78, 5) is 44.5. The van der Waals surface area contributed by atoms with Gasteiger partial charge in [-0.3, -0.25) is 14.5 Å². The summed E-state index contributed by atoms with van der Waals surface area (Å²) in [6.45, 7) is 5.96. The zero-order valence-corrected chi connectivity index (χ0v) is 24.4. The second-order valence-corrected chi connectivity index (χ2v) is 12.8. The predicted molar refractivity (Wildman–Crippen MR) is 154 cm³/mol. The van der Waals surface area contributed by atoms with Gasteiger partial charge in [0.25, 0.3) is 5.91 Å². The van der Waals surface area contributed by atoms with Gasteiger partial charge in [0.2, 0.25) is 5.91 Å². The molecule has 38 heavy (non-hydrogen) atoms. The van der Waals surface area contributed by atoms with E-state index in [1.807, 2.05) is 30.9 Å². The van der Waals surface area contributed by atoms with Gasteiger partial charge >= 0.3 is 5.97 Å². The number of aryl methyl sites for hydroxylation is 1. The van der Waals surface area contributed by atoms with Crippen LogP contribution in [0.5, 0.6) is 0 Å². The molecule has 0 spiro atoms. The van der Waals surface area contributed by atoms with Crippen molar-refractivity contribution < 1.29 is 19.1 Å². The maximum absolute atomic E-state index is 13.2. The van der Waals surface area contributed by atoms with Crippen LogP contribution >= 0.6 is 45.9 Å². The van der Waals surface area contributed by atoms with Crippen molar-refractivity contribution in [2.75, 3.05) is 38.0 Å². The average Bonchev–Trinajstić information content (AvgIpc) is 3.40. The van der Waals surface area contributed by atoms with E-state index >= 15 is 0 Å². The molecule has 202 valence electrons. The maximum atomic E-state index is 13.2. The monoisotopic (exact) mass is 593 g/mol. The summed E-state index contributed by atoms with van der Waals surface area (Å²) in [5.74, 6) is -0.649. The van der Waals surface area contributed by atoms with Gasteiger partial charge in [-0.2, -0.15) is 0 Å². The molecule has 7 nitrogen and oxygen atoms in total. The number of nitrogens with zero attached hydrogens (tertiary/aromatic N) is 2. The number of ether oxygens (including phenoxy) is 1. The molecule has 11 heteroatoms. The number of esters is 1. The largest absolute Gasteiger partial charge is 0.459 e. The molecular formula is C27H29Cl2N3O4S2. The van der Waals surface area contributed by atoms with Crippen LogP contribution < -0.4 is 5.32 Å². The molecule has 1 aromatic carbocycles. The van der Waals surface area contributed by atoms with Crippen LogP contribution in [-0.4, -0.2) is 66.4 Å². The molecule has 2 aliphatic rings. The van der Waals surface area contributed by atoms with Crippen LogP contribution in [0, 0.1) is 0 Å². The van der Waals surface area contributed by atoms with Crippen molar-refractivity contribution in [2.24, 2.45) is 0 Å². The van der Waals surface area contributed by atoms with Crippen molar-refractivity contribution in [3.05, 3.63) is 49.1 Å². The SMILES string of the molecule is CC(C)OC(=O)c1c(NC(=O)CN2CCN(C(=O)c3sc4cc(Cl)ccc4c3Cl)CC2)sc2c1CCCC2. The van der Waals surface area contributed by atoms with E-state index < -0.39 is 0 Å². The van der Waals surface area contributed by atoms with E-state index in [2.05, 4.69) is 5.32 Å². The Morgan fingerprint density at radius 1 is 1.05 bits per heavy atom. The number of hydrogen-bond acceptors (Lipinski definition) is 7. The molecule has 2 amide bonds. The number of carbonyl (C=O) groups is 3. The van der Waals surface area contributed by atoms with E-state index in [0.29, 0.717) is 51.7 Å². The lowest BCUT2D eigenvalue weighted by atomic mass is 9.95. The fourth-order valence-corrected chi connectivity index (χ4v) is 7.99. The summed E-state index contributed by atoms with van der Waals surface area (Å²) >= 11 is 15.5. The molecule has 0 atom stereocenters. The summed E-state index contributed by atoms with van der Waals surface area (Å²) in [7, 11) is 0. The number of halogens is 2. The number of rotatable bonds is 6. The second kappa shape index (κ2) is 11.5. The molecule has 5 rings (SSSR count). The Morgan fingerprint density at radius 2 is 1.79 bits per heavy atom. The van der Waals surface area contributed by atoms with Crippen LogP contribution in [-0.2, 0) is 22.4 Å². The Labute approximate surface area is 239 Å². The van der Waals surface area contributed by atoms with Crippen molar-refractivity contribution >= 4 is 78.7 Å². The van der Waals surface area contributed by atoms with Crippen LogP contribution in [0.1, 0.15) is 57.2 Å². The maximum Gasteiger partial charge on any atom is 0.341 e. The van der Waals surface area contributed by atoms with Crippen molar-refractivity contribution in [1.82, 2.24) is 9.80 Å². The van der Waals surface area contributed by atoms with Crippen LogP contribution in [0.15, 0.2) is 18.2 Å². The molecule has 0 unspecified atom stereocenters. The van der Waals surface area contributed by atoms with E-state index in [4.69, 9.17) is 27.9 Å². The Kier molecular flexibility index (Phi) is 8.30. The third kappa shape index (κ3) is 5.72. The topological polar surface area (TPSA) is 79.0 Å². The molecule has 2 aromatic heterocycles. The molecule has 1 N–H and O–H groups in total. The minimum Gasteiger partial charge on any atom is -0.459 e. The first-order valence-corrected chi connectivity index (χ1v) is 15.1. The number of amides is 2. The van der Waals surface area contributed by atoms with Gasteiger partial charge in [-0.25, -0.2) is 4.79 Å². The first-order chi connectivity index (χ1) is 18.2. The van der Waals surface area contributed by atoms with E-state index in [-0.39, 0.29) is 30.4 Å². The number of hydrogen-bond donors (Lipinski definition) is 1. The second-order valence-electron chi connectivity index (χ2n) is 9.87. The molecule has 1 fully saturated rings. The Hall–Kier alpha value is -2.17. The van der Waals surface area contributed by atoms with Crippen LogP contribution in [0.2, 0.25) is 10.0 Å². The van der Waals surface area contributed by atoms with E-state index in [0.717, 1.165) is 46.2 Å². The highest BCUT2D eigenvalue weighted by Gasteiger charge is 2.30. The van der Waals surface area contributed by atoms with Gasteiger partial charge < -0.3 is 15.0 Å². The van der Waals surface area contributed by atoms with Gasteiger partial charge in [-0.15, -0.1) is 22.7 Å². The number of nitrogens with one attached hydrogen (secondary N) is 1. The lowest BCUT2D eigenvalue weighted by Crippen LogP contribution is -2.50. The fourth-order valence-electron chi connectivity index (χ4n) is 4.94. The standard InChI is InChI=1S/C27H29Cl2N3O4S2/c1-15(2)36-27(35)22-17-5-3-4-6-19(17)38-25(22)30-21(33)14-31-9-11-32(12-10-31)26(34)24-23(29)18-8-7-16(28)13-20(18)37-24/h7-8,13,15H,3-6,9-12,14H2,1-2H3,(H,30,33). The normalized spacial score (nSPS) is 16.1. The third-order valence-corrected chi connectivity index (χ3v) is 9.87. The molecule has 3 aromatic rings.